The Morgan fingerprint density at radius 2 is 2.05 bits per heavy atom. The van der Waals surface area contributed by atoms with Gasteiger partial charge in [0.05, 0.1) is 23.7 Å². The lowest BCUT2D eigenvalue weighted by atomic mass is 10.1. The van der Waals surface area contributed by atoms with Crippen molar-refractivity contribution < 1.29 is 31.8 Å². The molecule has 0 aliphatic heterocycles. The van der Waals surface area contributed by atoms with Crippen molar-refractivity contribution in [3.63, 3.8) is 0 Å². The first kappa shape index (κ1) is 15.7. The highest BCUT2D eigenvalue weighted by Gasteiger charge is 2.28. The molecule has 0 amide bonds. The van der Waals surface area contributed by atoms with Crippen LogP contribution in [0, 0.1) is 10.1 Å². The Labute approximate surface area is 124 Å². The van der Waals surface area contributed by atoms with Gasteiger partial charge >= 0.3 is 10.1 Å². The minimum atomic E-state index is -4.84. The molecule has 10 heteroatoms. The number of ether oxygens (including phenoxy) is 1. The van der Waals surface area contributed by atoms with Crippen LogP contribution < -0.4 is 4.74 Å². The molecule has 0 aliphatic rings. The van der Waals surface area contributed by atoms with Gasteiger partial charge in [0.25, 0.3) is 5.69 Å². The summed E-state index contributed by atoms with van der Waals surface area (Å²) in [6, 6.07) is 4.39. The first-order valence-electron chi connectivity index (χ1n) is 5.67. The number of nitro benzene ring substituents is 1. The van der Waals surface area contributed by atoms with E-state index in [2.05, 4.69) is 0 Å². The molecular weight excluding hydrogens is 318 g/mol. The van der Waals surface area contributed by atoms with E-state index in [0.29, 0.717) is 6.29 Å². The van der Waals surface area contributed by atoms with E-state index in [1.807, 2.05) is 0 Å². The van der Waals surface area contributed by atoms with Crippen LogP contribution in [-0.4, -0.2) is 31.3 Å². The van der Waals surface area contributed by atoms with Gasteiger partial charge in [0, 0.05) is 0 Å². The minimum Gasteiger partial charge on any atom is -0.496 e. The summed E-state index contributed by atoms with van der Waals surface area (Å²) in [5, 5.41) is 10.9. The number of benzene rings is 1. The molecular formula is C12H9NO8S. The Hall–Kier alpha value is -2.72. The number of furan rings is 1. The van der Waals surface area contributed by atoms with Gasteiger partial charge in [-0.1, -0.05) is 0 Å². The predicted octanol–water partition coefficient (Wildman–Crippen LogP) is 1.92. The van der Waals surface area contributed by atoms with Crippen molar-refractivity contribution in [3.8, 4) is 17.1 Å². The second-order valence-electron chi connectivity index (χ2n) is 4.07. The van der Waals surface area contributed by atoms with Gasteiger partial charge in [-0.05, 0) is 18.2 Å². The number of hydrogen-bond acceptors (Lipinski definition) is 7. The molecule has 0 fully saturated rings. The van der Waals surface area contributed by atoms with Crippen molar-refractivity contribution in [3.05, 3.63) is 40.1 Å². The predicted molar refractivity (Wildman–Crippen MR) is 72.6 cm³/mol. The lowest BCUT2D eigenvalue weighted by Crippen LogP contribution is -2.04. The molecule has 0 saturated carbocycles. The van der Waals surface area contributed by atoms with Crippen LogP contribution in [0.15, 0.2) is 33.6 Å². The second kappa shape index (κ2) is 5.58. The van der Waals surface area contributed by atoms with Crippen molar-refractivity contribution in [1.29, 1.82) is 0 Å². The van der Waals surface area contributed by atoms with Gasteiger partial charge < -0.3 is 9.15 Å². The standard InChI is InChI=1S/C12H9NO8S/c1-20-11-5-9(13(15)16)12(22(17,18)19)4-8(11)10-3-2-7(6-14)21-10/h2-6H,1H3,(H,17,18,19). The van der Waals surface area contributed by atoms with Crippen LogP contribution in [0.4, 0.5) is 5.69 Å². The highest BCUT2D eigenvalue weighted by molar-refractivity contribution is 7.86. The van der Waals surface area contributed by atoms with E-state index in [4.69, 9.17) is 13.7 Å². The molecule has 2 aromatic rings. The molecule has 1 aromatic heterocycles. The van der Waals surface area contributed by atoms with Crippen molar-refractivity contribution >= 4 is 22.1 Å². The maximum atomic E-state index is 11.3. The van der Waals surface area contributed by atoms with Crippen LogP contribution in [-0.2, 0) is 10.1 Å². The zero-order chi connectivity index (χ0) is 16.5. The summed E-state index contributed by atoms with van der Waals surface area (Å²) in [6.07, 6.45) is 0.436. The Morgan fingerprint density at radius 3 is 2.50 bits per heavy atom. The van der Waals surface area contributed by atoms with Gasteiger partial charge in [0.15, 0.2) is 16.9 Å². The first-order valence-corrected chi connectivity index (χ1v) is 7.11. The van der Waals surface area contributed by atoms with Crippen LogP contribution in [0.5, 0.6) is 5.75 Å². The van der Waals surface area contributed by atoms with Crippen molar-refractivity contribution in [2.24, 2.45) is 0 Å². The summed E-state index contributed by atoms with van der Waals surface area (Å²) in [6.45, 7) is 0. The highest BCUT2D eigenvalue weighted by Crippen LogP contribution is 2.38. The summed E-state index contributed by atoms with van der Waals surface area (Å²) in [4.78, 5) is 19.7. The monoisotopic (exact) mass is 327 g/mol. The molecule has 0 saturated heterocycles. The smallest absolute Gasteiger partial charge is 0.301 e. The molecule has 0 unspecified atom stereocenters. The lowest BCUT2D eigenvalue weighted by molar-refractivity contribution is -0.387. The number of nitrogens with zero attached hydrogens (tertiary/aromatic N) is 1. The Kier molecular flexibility index (Phi) is 3.97. The molecule has 2 rings (SSSR count). The summed E-state index contributed by atoms with van der Waals surface area (Å²) < 4.78 is 41.9. The molecule has 0 bridgehead atoms. The zero-order valence-electron chi connectivity index (χ0n) is 11.0. The molecule has 1 heterocycles. The summed E-state index contributed by atoms with van der Waals surface area (Å²) in [7, 11) is -3.62. The molecule has 116 valence electrons. The van der Waals surface area contributed by atoms with E-state index in [0.717, 1.165) is 12.1 Å². The fourth-order valence-corrected chi connectivity index (χ4v) is 2.49. The number of nitro groups is 1. The van der Waals surface area contributed by atoms with Crippen molar-refractivity contribution in [2.75, 3.05) is 7.11 Å². The Balaban J connectivity index is 2.78. The SMILES string of the molecule is COc1cc([N+](=O)[O-])c(S(=O)(=O)O)cc1-c1ccc(C=O)o1. The average Bonchev–Trinajstić information content (AvgIpc) is 2.93. The number of hydrogen-bond donors (Lipinski definition) is 1. The molecule has 1 aromatic carbocycles. The van der Waals surface area contributed by atoms with Gasteiger partial charge in [-0.15, -0.1) is 0 Å². The molecule has 0 spiro atoms. The molecule has 0 aliphatic carbocycles. The molecule has 9 nitrogen and oxygen atoms in total. The fourth-order valence-electron chi connectivity index (χ4n) is 1.82. The number of methoxy groups -OCH3 is 1. The molecule has 1 N–H and O–H groups in total. The first-order chi connectivity index (χ1) is 10.3. The van der Waals surface area contributed by atoms with Crippen LogP contribution in [0.2, 0.25) is 0 Å². The van der Waals surface area contributed by atoms with Crippen LogP contribution in [0.1, 0.15) is 10.6 Å². The largest absolute Gasteiger partial charge is 0.496 e. The maximum absolute atomic E-state index is 11.3. The van der Waals surface area contributed by atoms with Gasteiger partial charge in [-0.25, -0.2) is 0 Å². The number of carbonyl (C=O) groups excluding carboxylic acids is 1. The van der Waals surface area contributed by atoms with Crippen LogP contribution >= 0.6 is 0 Å². The van der Waals surface area contributed by atoms with E-state index in [9.17, 15) is 23.3 Å². The Bertz CT molecular complexity index is 852. The molecule has 0 radical (unpaired) electrons. The highest BCUT2D eigenvalue weighted by atomic mass is 32.2. The number of rotatable bonds is 5. The van der Waals surface area contributed by atoms with E-state index >= 15 is 0 Å². The van der Waals surface area contributed by atoms with Crippen molar-refractivity contribution in [2.45, 2.75) is 4.90 Å². The van der Waals surface area contributed by atoms with E-state index in [1.54, 1.807) is 0 Å². The topological polar surface area (TPSA) is 137 Å². The zero-order valence-corrected chi connectivity index (χ0v) is 11.9. The third-order valence-corrected chi connectivity index (χ3v) is 3.65. The minimum absolute atomic E-state index is 0.0242. The van der Waals surface area contributed by atoms with Gasteiger partial charge in [-0.3, -0.25) is 19.5 Å². The third-order valence-electron chi connectivity index (χ3n) is 2.76. The summed E-state index contributed by atoms with van der Waals surface area (Å²) in [5.41, 5.74) is -0.806. The fraction of sp³-hybridized carbons (Fsp3) is 0.0833. The molecule has 22 heavy (non-hydrogen) atoms. The molecule has 0 atom stereocenters. The number of carbonyl (C=O) groups is 1. The van der Waals surface area contributed by atoms with Crippen LogP contribution in [0.3, 0.4) is 0 Å². The second-order valence-corrected chi connectivity index (χ2v) is 5.46. The lowest BCUT2D eigenvalue weighted by Gasteiger charge is -2.08. The quantitative estimate of drug-likeness (QED) is 0.380. The Morgan fingerprint density at radius 1 is 1.36 bits per heavy atom. The van der Waals surface area contributed by atoms with E-state index < -0.39 is 25.6 Å². The van der Waals surface area contributed by atoms with Crippen molar-refractivity contribution in [1.82, 2.24) is 0 Å². The van der Waals surface area contributed by atoms with E-state index in [-0.39, 0.29) is 22.8 Å². The van der Waals surface area contributed by atoms with Gasteiger partial charge in [-0.2, -0.15) is 8.42 Å². The number of aldehydes is 1. The average molecular weight is 327 g/mol. The maximum Gasteiger partial charge on any atom is 0.301 e. The third kappa shape index (κ3) is 2.82. The normalized spacial score (nSPS) is 11.2. The van der Waals surface area contributed by atoms with Crippen LogP contribution in [0.25, 0.3) is 11.3 Å². The summed E-state index contributed by atoms with van der Waals surface area (Å²) >= 11 is 0. The van der Waals surface area contributed by atoms with E-state index in [1.165, 1.54) is 19.2 Å². The van der Waals surface area contributed by atoms with Gasteiger partial charge in [0.1, 0.15) is 11.5 Å². The van der Waals surface area contributed by atoms with Gasteiger partial charge in [0.2, 0.25) is 0 Å². The summed E-state index contributed by atoms with van der Waals surface area (Å²) in [5.74, 6) is -0.0199.